The number of carbonyl (C=O) groups is 1. The van der Waals surface area contributed by atoms with Gasteiger partial charge in [-0.25, -0.2) is 0 Å². The third kappa shape index (κ3) is 2.60. The molecule has 0 fully saturated rings. The quantitative estimate of drug-likeness (QED) is 0.908. The van der Waals surface area contributed by atoms with E-state index in [1.807, 2.05) is 42.2 Å². The van der Waals surface area contributed by atoms with Gasteiger partial charge in [-0.3, -0.25) is 9.78 Å². The van der Waals surface area contributed by atoms with Crippen LogP contribution in [0.1, 0.15) is 25.1 Å². The maximum absolute atomic E-state index is 11.8. The third-order valence-electron chi connectivity index (χ3n) is 3.58. The summed E-state index contributed by atoms with van der Waals surface area (Å²) in [5, 5.41) is 12.6. The first-order valence-electron chi connectivity index (χ1n) is 6.99. The van der Waals surface area contributed by atoms with E-state index in [2.05, 4.69) is 10.3 Å². The number of hydrogen-bond acceptors (Lipinski definition) is 4. The molecule has 0 saturated carbocycles. The molecule has 0 bridgehead atoms. The van der Waals surface area contributed by atoms with Crippen LogP contribution in [-0.4, -0.2) is 22.5 Å². The minimum Gasteiger partial charge on any atom is -0.387 e. The van der Waals surface area contributed by atoms with Crippen molar-refractivity contribution in [2.75, 3.05) is 16.8 Å². The number of hydrogen-bond donors (Lipinski definition) is 2. The van der Waals surface area contributed by atoms with E-state index in [0.717, 1.165) is 17.1 Å². The van der Waals surface area contributed by atoms with Gasteiger partial charge in [0.2, 0.25) is 5.91 Å². The second-order valence-electron chi connectivity index (χ2n) is 5.02. The van der Waals surface area contributed by atoms with Gasteiger partial charge in [-0.15, -0.1) is 0 Å². The Morgan fingerprint density at radius 1 is 1.33 bits per heavy atom. The van der Waals surface area contributed by atoms with Crippen molar-refractivity contribution in [2.45, 2.75) is 19.4 Å². The standard InChI is InChI=1S/C16H17N3O2/c1-2-15(20)13-8-7-11(9-17-13)19-10-16(21)18-12-5-3-4-6-14(12)19/h3-9,15,20H,2,10H2,1H3,(H,18,21)/t15-/m0/s1. The van der Waals surface area contributed by atoms with Crippen molar-refractivity contribution in [3.8, 4) is 0 Å². The predicted octanol–water partition coefficient (Wildman–Crippen LogP) is 2.62. The van der Waals surface area contributed by atoms with Crippen molar-refractivity contribution in [3.63, 3.8) is 0 Å². The van der Waals surface area contributed by atoms with Gasteiger partial charge in [0.1, 0.15) is 6.54 Å². The van der Waals surface area contributed by atoms with E-state index < -0.39 is 6.10 Å². The van der Waals surface area contributed by atoms with Crippen LogP contribution in [0, 0.1) is 0 Å². The molecule has 0 unspecified atom stereocenters. The number of amides is 1. The number of aliphatic hydroxyl groups excluding tert-OH is 1. The van der Waals surface area contributed by atoms with E-state index in [4.69, 9.17) is 0 Å². The lowest BCUT2D eigenvalue weighted by molar-refractivity contribution is -0.115. The predicted molar refractivity (Wildman–Crippen MR) is 81.6 cm³/mol. The highest BCUT2D eigenvalue weighted by molar-refractivity contribution is 6.03. The van der Waals surface area contributed by atoms with E-state index in [-0.39, 0.29) is 12.5 Å². The molecule has 5 heteroatoms. The molecule has 21 heavy (non-hydrogen) atoms. The zero-order chi connectivity index (χ0) is 14.8. The Kier molecular flexibility index (Phi) is 3.58. The number of pyridine rings is 1. The molecule has 2 N–H and O–H groups in total. The molecule has 1 atom stereocenters. The fourth-order valence-electron chi connectivity index (χ4n) is 2.43. The van der Waals surface area contributed by atoms with E-state index in [0.29, 0.717) is 12.1 Å². The smallest absolute Gasteiger partial charge is 0.244 e. The molecule has 1 aromatic carbocycles. The fraction of sp³-hybridized carbons (Fsp3) is 0.250. The van der Waals surface area contributed by atoms with Gasteiger partial charge in [-0.05, 0) is 30.7 Å². The molecule has 0 radical (unpaired) electrons. The second kappa shape index (κ2) is 5.54. The molecule has 3 rings (SSSR count). The Morgan fingerprint density at radius 2 is 2.14 bits per heavy atom. The van der Waals surface area contributed by atoms with Gasteiger partial charge in [0.25, 0.3) is 0 Å². The molecule has 1 aliphatic rings. The van der Waals surface area contributed by atoms with Crippen molar-refractivity contribution < 1.29 is 9.90 Å². The molecule has 0 spiro atoms. The van der Waals surface area contributed by atoms with Crippen LogP contribution in [0.2, 0.25) is 0 Å². The van der Waals surface area contributed by atoms with Crippen LogP contribution in [0.15, 0.2) is 42.6 Å². The highest BCUT2D eigenvalue weighted by Gasteiger charge is 2.23. The molecule has 0 saturated heterocycles. The molecule has 108 valence electrons. The topological polar surface area (TPSA) is 65.5 Å². The average Bonchev–Trinajstić information content (AvgIpc) is 2.53. The lowest BCUT2D eigenvalue weighted by atomic mass is 10.1. The van der Waals surface area contributed by atoms with Crippen LogP contribution < -0.4 is 10.2 Å². The van der Waals surface area contributed by atoms with E-state index in [1.54, 1.807) is 12.3 Å². The summed E-state index contributed by atoms with van der Waals surface area (Å²) in [6, 6.07) is 11.4. The number of aromatic nitrogens is 1. The molecule has 1 aliphatic heterocycles. The lowest BCUT2D eigenvalue weighted by Crippen LogP contribution is -2.35. The molecule has 2 heterocycles. The summed E-state index contributed by atoms with van der Waals surface area (Å²) in [5.41, 5.74) is 3.23. The van der Waals surface area contributed by atoms with Gasteiger partial charge < -0.3 is 15.3 Å². The number of anilines is 3. The van der Waals surface area contributed by atoms with Crippen LogP contribution in [0.5, 0.6) is 0 Å². The summed E-state index contributed by atoms with van der Waals surface area (Å²) in [5.74, 6) is -0.0497. The van der Waals surface area contributed by atoms with E-state index in [1.165, 1.54) is 0 Å². The van der Waals surface area contributed by atoms with Gasteiger partial charge >= 0.3 is 0 Å². The Bertz CT molecular complexity index is 655. The number of nitrogens with one attached hydrogen (secondary N) is 1. The van der Waals surface area contributed by atoms with Crippen molar-refractivity contribution in [1.29, 1.82) is 0 Å². The van der Waals surface area contributed by atoms with Crippen LogP contribution >= 0.6 is 0 Å². The SMILES string of the molecule is CC[C@H](O)c1ccc(N2CC(=O)Nc3ccccc32)cn1. The maximum Gasteiger partial charge on any atom is 0.244 e. The van der Waals surface area contributed by atoms with Gasteiger partial charge in [0, 0.05) is 0 Å². The monoisotopic (exact) mass is 283 g/mol. The number of rotatable bonds is 3. The number of nitrogens with zero attached hydrogens (tertiary/aromatic N) is 2. The molecule has 5 nitrogen and oxygen atoms in total. The molecular formula is C16H17N3O2. The highest BCUT2D eigenvalue weighted by atomic mass is 16.3. The summed E-state index contributed by atoms with van der Waals surface area (Å²) in [6.45, 7) is 2.17. The van der Waals surface area contributed by atoms with E-state index >= 15 is 0 Å². The summed E-state index contributed by atoms with van der Waals surface area (Å²) >= 11 is 0. The van der Waals surface area contributed by atoms with Crippen LogP contribution in [0.4, 0.5) is 17.1 Å². The number of carbonyl (C=O) groups excluding carboxylic acids is 1. The highest BCUT2D eigenvalue weighted by Crippen LogP contribution is 2.34. The first-order valence-corrected chi connectivity index (χ1v) is 6.99. The van der Waals surface area contributed by atoms with Crippen molar-refractivity contribution in [2.24, 2.45) is 0 Å². The maximum atomic E-state index is 11.8. The van der Waals surface area contributed by atoms with Gasteiger partial charge in [0.15, 0.2) is 0 Å². The number of para-hydroxylation sites is 2. The summed E-state index contributed by atoms with van der Waals surface area (Å²) in [6.07, 6.45) is 1.78. The van der Waals surface area contributed by atoms with Crippen molar-refractivity contribution >= 4 is 23.0 Å². The van der Waals surface area contributed by atoms with Gasteiger partial charge in [-0.2, -0.15) is 0 Å². The largest absolute Gasteiger partial charge is 0.387 e. The first-order chi connectivity index (χ1) is 10.2. The third-order valence-corrected chi connectivity index (χ3v) is 3.58. The molecule has 1 amide bonds. The lowest BCUT2D eigenvalue weighted by Gasteiger charge is -2.30. The van der Waals surface area contributed by atoms with Crippen LogP contribution in [0.25, 0.3) is 0 Å². The summed E-state index contributed by atoms with van der Waals surface area (Å²) in [7, 11) is 0. The normalized spacial score (nSPS) is 15.3. The zero-order valence-electron chi connectivity index (χ0n) is 11.8. The Morgan fingerprint density at radius 3 is 2.86 bits per heavy atom. The number of benzene rings is 1. The van der Waals surface area contributed by atoms with Gasteiger partial charge in [0.05, 0.1) is 35.1 Å². The molecule has 2 aromatic rings. The Balaban J connectivity index is 1.95. The van der Waals surface area contributed by atoms with Crippen LogP contribution in [-0.2, 0) is 4.79 Å². The van der Waals surface area contributed by atoms with Crippen molar-refractivity contribution in [3.05, 3.63) is 48.3 Å². The van der Waals surface area contributed by atoms with Crippen LogP contribution in [0.3, 0.4) is 0 Å². The summed E-state index contributed by atoms with van der Waals surface area (Å²) in [4.78, 5) is 18.0. The molecule has 1 aromatic heterocycles. The van der Waals surface area contributed by atoms with E-state index in [9.17, 15) is 9.90 Å². The van der Waals surface area contributed by atoms with Gasteiger partial charge in [-0.1, -0.05) is 19.1 Å². The minimum absolute atomic E-state index is 0.0497. The molecular weight excluding hydrogens is 266 g/mol. The zero-order valence-corrected chi connectivity index (χ0v) is 11.8. The molecule has 0 aliphatic carbocycles. The number of fused-ring (bicyclic) bond motifs is 1. The second-order valence-corrected chi connectivity index (χ2v) is 5.02. The minimum atomic E-state index is -0.545. The van der Waals surface area contributed by atoms with Crippen molar-refractivity contribution in [1.82, 2.24) is 4.98 Å². The fourth-order valence-corrected chi connectivity index (χ4v) is 2.43. The Labute approximate surface area is 123 Å². The average molecular weight is 283 g/mol. The summed E-state index contributed by atoms with van der Waals surface area (Å²) < 4.78 is 0. The first kappa shape index (κ1) is 13.6. The number of aliphatic hydroxyl groups is 1. The Hall–Kier alpha value is -2.40.